The van der Waals surface area contributed by atoms with Gasteiger partial charge in [0.2, 0.25) is 23.5 Å². The molecule has 1 aromatic carbocycles. The van der Waals surface area contributed by atoms with E-state index < -0.39 is 0 Å². The lowest BCUT2D eigenvalue weighted by molar-refractivity contribution is -0.134. The van der Waals surface area contributed by atoms with Crippen LogP contribution in [-0.4, -0.2) is 71.5 Å². The van der Waals surface area contributed by atoms with E-state index in [2.05, 4.69) is 20.4 Å². The Morgan fingerprint density at radius 2 is 1.92 bits per heavy atom. The lowest BCUT2D eigenvalue weighted by Crippen LogP contribution is -2.50. The zero-order valence-electron chi connectivity index (χ0n) is 15.1. The lowest BCUT2D eigenvalue weighted by atomic mass is 10.1. The zero-order chi connectivity index (χ0) is 18.5. The number of likely N-dealkylation sites (N-methyl/N-ethyl adjacent to an activating group) is 1. The summed E-state index contributed by atoms with van der Waals surface area (Å²) in [5, 5.41) is 6.56. The van der Waals surface area contributed by atoms with Crippen LogP contribution in [0, 0.1) is 6.92 Å². The average Bonchev–Trinajstić information content (AvgIpc) is 3.09. The molecule has 0 unspecified atom stereocenters. The number of benzene rings is 1. The van der Waals surface area contributed by atoms with E-state index in [1.165, 1.54) is 0 Å². The number of aryl methyl sites for hydroxylation is 1. The normalized spacial score (nSPS) is 15.1. The second kappa shape index (κ2) is 8.09. The number of carbonyl (C=O) groups is 2. The first kappa shape index (κ1) is 18.1. The molecule has 8 heteroatoms. The SMILES string of the molecule is Cc1ccccc1-c1noc(CC(=O)NCC(=O)N2CCN(C)CC2)n1. The van der Waals surface area contributed by atoms with Crippen LogP contribution in [0.1, 0.15) is 11.5 Å². The number of nitrogens with zero attached hydrogens (tertiary/aromatic N) is 4. The van der Waals surface area contributed by atoms with E-state index in [4.69, 9.17) is 4.52 Å². The van der Waals surface area contributed by atoms with Crippen molar-refractivity contribution in [2.24, 2.45) is 0 Å². The van der Waals surface area contributed by atoms with Crippen molar-refractivity contribution in [3.63, 3.8) is 0 Å². The van der Waals surface area contributed by atoms with Gasteiger partial charge in [0.15, 0.2) is 0 Å². The molecule has 1 fully saturated rings. The third-order valence-corrected chi connectivity index (χ3v) is 4.46. The number of hydrogen-bond acceptors (Lipinski definition) is 6. The summed E-state index contributed by atoms with van der Waals surface area (Å²) in [4.78, 5) is 32.4. The van der Waals surface area contributed by atoms with Crippen LogP contribution in [0.4, 0.5) is 0 Å². The molecule has 1 saturated heterocycles. The summed E-state index contributed by atoms with van der Waals surface area (Å²) in [6.45, 7) is 5.03. The quantitative estimate of drug-likeness (QED) is 0.837. The van der Waals surface area contributed by atoms with Crippen LogP contribution in [0.3, 0.4) is 0 Å². The predicted octanol–water partition coefficient (Wildman–Crippen LogP) is 0.478. The molecule has 0 spiro atoms. The maximum atomic E-state index is 12.1. The Morgan fingerprint density at radius 3 is 2.65 bits per heavy atom. The van der Waals surface area contributed by atoms with E-state index in [0.717, 1.165) is 24.2 Å². The van der Waals surface area contributed by atoms with Crippen molar-refractivity contribution in [3.8, 4) is 11.4 Å². The maximum Gasteiger partial charge on any atom is 0.242 e. The summed E-state index contributed by atoms with van der Waals surface area (Å²) in [5.41, 5.74) is 1.90. The van der Waals surface area contributed by atoms with Crippen molar-refractivity contribution >= 4 is 11.8 Å². The van der Waals surface area contributed by atoms with Crippen LogP contribution in [0.25, 0.3) is 11.4 Å². The Kier molecular flexibility index (Phi) is 5.62. The van der Waals surface area contributed by atoms with Gasteiger partial charge in [-0.1, -0.05) is 29.4 Å². The van der Waals surface area contributed by atoms with Crippen LogP contribution in [0.5, 0.6) is 0 Å². The monoisotopic (exact) mass is 357 g/mol. The number of carbonyl (C=O) groups excluding carboxylic acids is 2. The van der Waals surface area contributed by atoms with Crippen LogP contribution in [0.15, 0.2) is 28.8 Å². The molecule has 2 aromatic rings. The molecule has 138 valence electrons. The summed E-state index contributed by atoms with van der Waals surface area (Å²) >= 11 is 0. The van der Waals surface area contributed by atoms with Gasteiger partial charge in [0.1, 0.15) is 6.42 Å². The molecule has 1 aliphatic rings. The summed E-state index contributed by atoms with van der Waals surface area (Å²) < 4.78 is 5.16. The van der Waals surface area contributed by atoms with Gasteiger partial charge >= 0.3 is 0 Å². The highest BCUT2D eigenvalue weighted by molar-refractivity contribution is 5.85. The van der Waals surface area contributed by atoms with Gasteiger partial charge in [-0.3, -0.25) is 9.59 Å². The number of hydrogen-bond donors (Lipinski definition) is 1. The minimum atomic E-state index is -0.313. The van der Waals surface area contributed by atoms with E-state index in [0.29, 0.717) is 18.9 Å². The lowest BCUT2D eigenvalue weighted by Gasteiger charge is -2.32. The number of nitrogens with one attached hydrogen (secondary N) is 1. The van der Waals surface area contributed by atoms with Gasteiger partial charge in [-0.05, 0) is 19.5 Å². The van der Waals surface area contributed by atoms with Gasteiger partial charge in [0.25, 0.3) is 0 Å². The summed E-state index contributed by atoms with van der Waals surface area (Å²) in [6.07, 6.45) is -0.0467. The van der Waals surface area contributed by atoms with Crippen molar-refractivity contribution in [2.75, 3.05) is 39.8 Å². The van der Waals surface area contributed by atoms with Crippen molar-refractivity contribution < 1.29 is 14.1 Å². The molecule has 1 N–H and O–H groups in total. The first-order chi connectivity index (χ1) is 12.5. The molecule has 1 aliphatic heterocycles. The van der Waals surface area contributed by atoms with E-state index in [1.807, 2.05) is 38.2 Å². The van der Waals surface area contributed by atoms with Crippen LogP contribution >= 0.6 is 0 Å². The van der Waals surface area contributed by atoms with Crippen LogP contribution in [0.2, 0.25) is 0 Å². The van der Waals surface area contributed by atoms with Crippen molar-refractivity contribution in [3.05, 3.63) is 35.7 Å². The predicted molar refractivity (Wildman–Crippen MR) is 95.3 cm³/mol. The number of piperazine rings is 1. The minimum absolute atomic E-state index is 0.0126. The third kappa shape index (κ3) is 4.45. The second-order valence-electron chi connectivity index (χ2n) is 6.46. The van der Waals surface area contributed by atoms with Gasteiger partial charge < -0.3 is 19.6 Å². The second-order valence-corrected chi connectivity index (χ2v) is 6.46. The largest absolute Gasteiger partial charge is 0.347 e. The number of amides is 2. The summed E-state index contributed by atoms with van der Waals surface area (Å²) in [5.74, 6) is 0.303. The molecular formula is C18H23N5O3. The molecule has 8 nitrogen and oxygen atoms in total. The van der Waals surface area contributed by atoms with Crippen LogP contribution < -0.4 is 5.32 Å². The van der Waals surface area contributed by atoms with E-state index in [1.54, 1.807) is 4.90 Å². The highest BCUT2D eigenvalue weighted by Crippen LogP contribution is 2.19. The van der Waals surface area contributed by atoms with Crippen molar-refractivity contribution in [1.82, 2.24) is 25.3 Å². The fourth-order valence-electron chi connectivity index (χ4n) is 2.80. The highest BCUT2D eigenvalue weighted by atomic mass is 16.5. The molecule has 0 radical (unpaired) electrons. The first-order valence-electron chi connectivity index (χ1n) is 8.64. The molecule has 1 aromatic heterocycles. The standard InChI is InChI=1S/C18H23N5O3/c1-13-5-3-4-6-14(13)18-20-16(26-21-18)11-15(24)19-12-17(25)23-9-7-22(2)8-10-23/h3-6H,7-12H2,1-2H3,(H,19,24). The molecular weight excluding hydrogens is 334 g/mol. The number of aromatic nitrogens is 2. The van der Waals surface area contributed by atoms with Crippen LogP contribution in [-0.2, 0) is 16.0 Å². The summed E-state index contributed by atoms with van der Waals surface area (Å²) in [6, 6.07) is 7.69. The van der Waals surface area contributed by atoms with E-state index >= 15 is 0 Å². The topological polar surface area (TPSA) is 91.6 Å². The third-order valence-electron chi connectivity index (χ3n) is 4.46. The Morgan fingerprint density at radius 1 is 1.19 bits per heavy atom. The Balaban J connectivity index is 1.50. The molecule has 2 heterocycles. The maximum absolute atomic E-state index is 12.1. The van der Waals surface area contributed by atoms with E-state index in [9.17, 15) is 9.59 Å². The zero-order valence-corrected chi connectivity index (χ0v) is 15.1. The Labute approximate surface area is 152 Å². The van der Waals surface area contributed by atoms with Crippen molar-refractivity contribution in [1.29, 1.82) is 0 Å². The van der Waals surface area contributed by atoms with Gasteiger partial charge in [0.05, 0.1) is 6.54 Å². The average molecular weight is 357 g/mol. The van der Waals surface area contributed by atoms with E-state index in [-0.39, 0.29) is 30.7 Å². The summed E-state index contributed by atoms with van der Waals surface area (Å²) in [7, 11) is 2.03. The number of rotatable bonds is 5. The van der Waals surface area contributed by atoms with Gasteiger partial charge in [0, 0.05) is 31.7 Å². The molecule has 0 atom stereocenters. The first-order valence-corrected chi connectivity index (χ1v) is 8.64. The molecule has 0 aliphatic carbocycles. The molecule has 3 rings (SSSR count). The van der Waals surface area contributed by atoms with Gasteiger partial charge in [-0.25, -0.2) is 0 Å². The molecule has 0 bridgehead atoms. The van der Waals surface area contributed by atoms with Gasteiger partial charge in [-0.15, -0.1) is 0 Å². The highest BCUT2D eigenvalue weighted by Gasteiger charge is 2.20. The Hall–Kier alpha value is -2.74. The molecule has 26 heavy (non-hydrogen) atoms. The Bertz CT molecular complexity index is 781. The van der Waals surface area contributed by atoms with Gasteiger partial charge in [-0.2, -0.15) is 4.98 Å². The molecule has 0 saturated carbocycles. The molecule has 2 amide bonds. The smallest absolute Gasteiger partial charge is 0.242 e. The van der Waals surface area contributed by atoms with Crippen molar-refractivity contribution in [2.45, 2.75) is 13.3 Å². The minimum Gasteiger partial charge on any atom is -0.347 e. The fourth-order valence-corrected chi connectivity index (χ4v) is 2.80. The fraction of sp³-hybridized carbons (Fsp3) is 0.444.